The van der Waals surface area contributed by atoms with E-state index in [1.165, 1.54) is 12.3 Å². The number of halogens is 3. The van der Waals surface area contributed by atoms with Crippen molar-refractivity contribution in [3.05, 3.63) is 41.1 Å². The maximum Gasteiger partial charge on any atom is 0.416 e. The highest BCUT2D eigenvalue weighted by atomic mass is 19.4. The van der Waals surface area contributed by atoms with E-state index < -0.39 is 11.7 Å². The molecule has 0 aliphatic carbocycles. The molecule has 2 rings (SSSR count). The molecule has 2 aromatic rings. The summed E-state index contributed by atoms with van der Waals surface area (Å²) in [4.78, 5) is 15.1. The van der Waals surface area contributed by atoms with E-state index in [-0.39, 0.29) is 10.9 Å². The second-order valence-electron chi connectivity index (χ2n) is 5.69. The first-order valence-corrected chi connectivity index (χ1v) is 6.10. The van der Waals surface area contributed by atoms with Gasteiger partial charge in [0.15, 0.2) is 6.29 Å². The van der Waals surface area contributed by atoms with Crippen molar-refractivity contribution < 1.29 is 18.0 Å². The number of hydrogen-bond donors (Lipinski definition) is 0. The van der Waals surface area contributed by atoms with Crippen molar-refractivity contribution in [2.24, 2.45) is 0 Å². The number of pyridine rings is 1. The van der Waals surface area contributed by atoms with Gasteiger partial charge in [-0.2, -0.15) is 13.2 Å². The lowest BCUT2D eigenvalue weighted by Gasteiger charge is -2.23. The minimum absolute atomic E-state index is 0.246. The van der Waals surface area contributed by atoms with Gasteiger partial charge in [-0.25, -0.2) is 0 Å². The number of benzene rings is 1. The average Bonchev–Trinajstić information content (AvgIpc) is 2.34. The quantitative estimate of drug-likeness (QED) is 0.727. The van der Waals surface area contributed by atoms with Gasteiger partial charge in [-0.05, 0) is 23.1 Å². The Bertz CT molecular complexity index is 669. The molecular weight excluding hydrogens is 267 g/mol. The molecule has 5 heteroatoms. The first-order valence-electron chi connectivity index (χ1n) is 6.10. The van der Waals surface area contributed by atoms with Crippen LogP contribution in [0, 0.1) is 0 Å². The summed E-state index contributed by atoms with van der Waals surface area (Å²) in [7, 11) is 0. The van der Waals surface area contributed by atoms with Gasteiger partial charge >= 0.3 is 6.18 Å². The third kappa shape index (κ3) is 2.53. The lowest BCUT2D eigenvalue weighted by Crippen LogP contribution is -2.15. The summed E-state index contributed by atoms with van der Waals surface area (Å²) in [5.41, 5.74) is 0.263. The number of carbonyl (C=O) groups is 1. The number of aldehydes is 1. The zero-order valence-corrected chi connectivity index (χ0v) is 11.4. The van der Waals surface area contributed by atoms with Gasteiger partial charge in [0.2, 0.25) is 0 Å². The van der Waals surface area contributed by atoms with Gasteiger partial charge < -0.3 is 0 Å². The molecule has 0 amide bonds. The van der Waals surface area contributed by atoms with Crippen LogP contribution in [-0.2, 0) is 11.6 Å². The molecule has 0 radical (unpaired) electrons. The molecule has 1 aromatic carbocycles. The van der Waals surface area contributed by atoms with Crippen LogP contribution in [0.1, 0.15) is 42.3 Å². The van der Waals surface area contributed by atoms with Crippen LogP contribution in [0.3, 0.4) is 0 Å². The molecule has 0 spiro atoms. The Hall–Kier alpha value is -1.91. The van der Waals surface area contributed by atoms with E-state index in [4.69, 9.17) is 0 Å². The molecule has 2 nitrogen and oxygen atoms in total. The van der Waals surface area contributed by atoms with Crippen molar-refractivity contribution in [1.29, 1.82) is 0 Å². The number of aromatic nitrogens is 1. The smallest absolute Gasteiger partial charge is 0.298 e. The zero-order chi connectivity index (χ0) is 15.1. The molecule has 1 heterocycles. The molecular formula is C15H14F3NO. The van der Waals surface area contributed by atoms with Crippen molar-refractivity contribution in [3.8, 4) is 0 Å². The van der Waals surface area contributed by atoms with Crippen molar-refractivity contribution in [2.75, 3.05) is 0 Å². The fourth-order valence-electron chi connectivity index (χ4n) is 2.31. The van der Waals surface area contributed by atoms with Crippen molar-refractivity contribution in [1.82, 2.24) is 4.98 Å². The molecule has 0 saturated carbocycles. The predicted octanol–water partition coefficient (Wildman–Crippen LogP) is 4.36. The zero-order valence-electron chi connectivity index (χ0n) is 11.4. The van der Waals surface area contributed by atoms with E-state index in [9.17, 15) is 18.0 Å². The Balaban J connectivity index is 2.80. The fourth-order valence-corrected chi connectivity index (χ4v) is 2.31. The highest BCUT2D eigenvalue weighted by molar-refractivity contribution is 5.91. The van der Waals surface area contributed by atoms with Gasteiger partial charge in [0.25, 0.3) is 0 Å². The van der Waals surface area contributed by atoms with Crippen molar-refractivity contribution in [2.45, 2.75) is 32.4 Å². The van der Waals surface area contributed by atoms with Crippen LogP contribution < -0.4 is 0 Å². The maximum absolute atomic E-state index is 12.7. The van der Waals surface area contributed by atoms with Crippen LogP contribution in [0.25, 0.3) is 10.9 Å². The van der Waals surface area contributed by atoms with Crippen molar-refractivity contribution in [3.63, 3.8) is 0 Å². The number of carbonyl (C=O) groups excluding carboxylic acids is 1. The van der Waals surface area contributed by atoms with Gasteiger partial charge in [0, 0.05) is 17.1 Å². The number of hydrogen-bond acceptors (Lipinski definition) is 2. The molecule has 0 atom stereocenters. The summed E-state index contributed by atoms with van der Waals surface area (Å²) in [5, 5.41) is 0.579. The van der Waals surface area contributed by atoms with E-state index in [1.54, 1.807) is 0 Å². The number of rotatable bonds is 1. The SMILES string of the molecule is CC(C)(C)c1c(C=O)cnc2cc(C(F)(F)F)ccc12. The van der Waals surface area contributed by atoms with E-state index in [2.05, 4.69) is 4.98 Å². The minimum Gasteiger partial charge on any atom is -0.298 e. The largest absolute Gasteiger partial charge is 0.416 e. The van der Waals surface area contributed by atoms with Gasteiger partial charge in [-0.3, -0.25) is 9.78 Å². The first kappa shape index (κ1) is 14.5. The molecule has 0 bridgehead atoms. The van der Waals surface area contributed by atoms with Gasteiger partial charge in [-0.1, -0.05) is 26.8 Å². The van der Waals surface area contributed by atoms with E-state index in [1.807, 2.05) is 20.8 Å². The van der Waals surface area contributed by atoms with Crippen LogP contribution >= 0.6 is 0 Å². The maximum atomic E-state index is 12.7. The summed E-state index contributed by atoms with van der Waals surface area (Å²) >= 11 is 0. The molecule has 0 N–H and O–H groups in total. The van der Waals surface area contributed by atoms with Crippen LogP contribution in [0.2, 0.25) is 0 Å². The third-order valence-electron chi connectivity index (χ3n) is 3.10. The van der Waals surface area contributed by atoms with Crippen LogP contribution in [0.4, 0.5) is 13.2 Å². The molecule has 0 aliphatic rings. The van der Waals surface area contributed by atoms with Gasteiger partial charge in [0.1, 0.15) is 0 Å². The molecule has 0 fully saturated rings. The molecule has 0 unspecified atom stereocenters. The van der Waals surface area contributed by atoms with Crippen molar-refractivity contribution >= 4 is 17.2 Å². The molecule has 20 heavy (non-hydrogen) atoms. The van der Waals surface area contributed by atoms with Crippen LogP contribution in [0.5, 0.6) is 0 Å². The topological polar surface area (TPSA) is 30.0 Å². The highest BCUT2D eigenvalue weighted by Crippen LogP contribution is 2.35. The Morgan fingerprint density at radius 1 is 1.15 bits per heavy atom. The van der Waals surface area contributed by atoms with E-state index >= 15 is 0 Å². The van der Waals surface area contributed by atoms with Crippen LogP contribution in [0.15, 0.2) is 24.4 Å². The molecule has 0 saturated heterocycles. The summed E-state index contributed by atoms with van der Waals surface area (Å²) < 4.78 is 38.1. The second kappa shape index (κ2) is 4.58. The van der Waals surface area contributed by atoms with Gasteiger partial charge in [0.05, 0.1) is 11.1 Å². The molecule has 0 aliphatic heterocycles. The van der Waals surface area contributed by atoms with Gasteiger partial charge in [-0.15, -0.1) is 0 Å². The lowest BCUT2D eigenvalue weighted by molar-refractivity contribution is -0.137. The monoisotopic (exact) mass is 281 g/mol. The lowest BCUT2D eigenvalue weighted by atomic mass is 9.82. The first-order chi connectivity index (χ1) is 9.14. The Morgan fingerprint density at radius 3 is 2.30 bits per heavy atom. The molecule has 106 valence electrons. The fraction of sp³-hybridized carbons (Fsp3) is 0.333. The molecule has 1 aromatic heterocycles. The normalized spacial score (nSPS) is 12.7. The van der Waals surface area contributed by atoms with E-state index in [0.29, 0.717) is 22.8 Å². The minimum atomic E-state index is -4.40. The highest BCUT2D eigenvalue weighted by Gasteiger charge is 2.31. The van der Waals surface area contributed by atoms with Crippen LogP contribution in [-0.4, -0.2) is 11.3 Å². The predicted molar refractivity (Wildman–Crippen MR) is 70.8 cm³/mol. The summed E-state index contributed by atoms with van der Waals surface area (Å²) in [6.45, 7) is 5.73. The number of nitrogens with zero attached hydrogens (tertiary/aromatic N) is 1. The Morgan fingerprint density at radius 2 is 1.80 bits per heavy atom. The number of fused-ring (bicyclic) bond motifs is 1. The standard InChI is InChI=1S/C15H14F3NO/c1-14(2,3)13-9(8-20)7-19-12-6-10(15(16,17)18)4-5-11(12)13/h4-8H,1-3H3. The Labute approximate surface area is 114 Å². The third-order valence-corrected chi connectivity index (χ3v) is 3.10. The second-order valence-corrected chi connectivity index (χ2v) is 5.69. The Kier molecular flexibility index (Phi) is 3.32. The van der Waals surface area contributed by atoms with E-state index in [0.717, 1.165) is 12.1 Å². The summed E-state index contributed by atoms with van der Waals surface area (Å²) in [6, 6.07) is 3.42. The summed E-state index contributed by atoms with van der Waals surface area (Å²) in [5.74, 6) is 0. The summed E-state index contributed by atoms with van der Waals surface area (Å²) in [6.07, 6.45) is -2.39. The average molecular weight is 281 g/mol. The number of alkyl halides is 3.